The van der Waals surface area contributed by atoms with Crippen molar-refractivity contribution in [3.05, 3.63) is 170 Å². The first-order valence-corrected chi connectivity index (χ1v) is 17.7. The minimum absolute atomic E-state index is 0.592. The third-order valence-electron chi connectivity index (χ3n) is 10.3. The predicted molar refractivity (Wildman–Crippen MR) is 214 cm³/mol. The molecule has 0 saturated heterocycles. The van der Waals surface area contributed by atoms with Crippen molar-refractivity contribution in [2.45, 2.75) is 0 Å². The topological polar surface area (TPSA) is 64.7 Å². The van der Waals surface area contributed by atoms with Gasteiger partial charge in [-0.3, -0.25) is 4.98 Å². The minimum atomic E-state index is 0.592. The van der Waals surface area contributed by atoms with Crippen LogP contribution in [0.1, 0.15) is 0 Å². The smallest absolute Gasteiger partial charge is 0.164 e. The third-order valence-corrected chi connectivity index (χ3v) is 10.3. The van der Waals surface area contributed by atoms with Crippen LogP contribution >= 0.6 is 0 Å². The molecule has 0 aliphatic heterocycles. The van der Waals surface area contributed by atoms with Gasteiger partial charge in [0.2, 0.25) is 0 Å². The Hall–Kier alpha value is -7.24. The van der Waals surface area contributed by atoms with Crippen LogP contribution in [0.15, 0.2) is 174 Å². The Kier molecular flexibility index (Phi) is 6.48. The van der Waals surface area contributed by atoms with Crippen molar-refractivity contribution in [1.82, 2.24) is 19.9 Å². The number of hydrogen-bond donors (Lipinski definition) is 0. The summed E-state index contributed by atoms with van der Waals surface area (Å²) in [5.74, 6) is 1.83. The number of aromatic nitrogens is 4. The molecule has 0 amide bonds. The Morgan fingerprint density at radius 3 is 1.74 bits per heavy atom. The molecule has 0 bridgehead atoms. The summed E-state index contributed by atoms with van der Waals surface area (Å²) in [6, 6.07) is 56.9. The predicted octanol–water partition coefficient (Wildman–Crippen LogP) is 12.3. The van der Waals surface area contributed by atoms with Crippen molar-refractivity contribution in [2.75, 3.05) is 0 Å². The summed E-state index contributed by atoms with van der Waals surface area (Å²) in [6.07, 6.45) is 1.86. The lowest BCUT2D eigenvalue weighted by Gasteiger charge is -2.13. The lowest BCUT2D eigenvalue weighted by Crippen LogP contribution is -2.00. The number of hydrogen-bond acceptors (Lipinski definition) is 5. The Morgan fingerprint density at radius 1 is 0.377 bits per heavy atom. The van der Waals surface area contributed by atoms with Gasteiger partial charge in [0.25, 0.3) is 0 Å². The van der Waals surface area contributed by atoms with E-state index in [0.717, 1.165) is 61.0 Å². The maximum atomic E-state index is 6.51. The summed E-state index contributed by atoms with van der Waals surface area (Å²) < 4.78 is 6.51. The van der Waals surface area contributed by atoms with E-state index >= 15 is 0 Å². The molecular weight excluding hydrogens is 649 g/mol. The van der Waals surface area contributed by atoms with Gasteiger partial charge in [-0.2, -0.15) is 0 Å². The van der Waals surface area contributed by atoms with E-state index in [4.69, 9.17) is 24.4 Å². The van der Waals surface area contributed by atoms with Crippen LogP contribution in [0.2, 0.25) is 0 Å². The summed E-state index contributed by atoms with van der Waals surface area (Å²) in [5.41, 5.74) is 14.3. The van der Waals surface area contributed by atoms with Gasteiger partial charge >= 0.3 is 0 Å². The van der Waals surface area contributed by atoms with E-state index in [9.17, 15) is 0 Å². The first kappa shape index (κ1) is 29.5. The van der Waals surface area contributed by atoms with Crippen LogP contribution < -0.4 is 0 Å². The van der Waals surface area contributed by atoms with Gasteiger partial charge in [0, 0.05) is 33.8 Å². The fourth-order valence-corrected chi connectivity index (χ4v) is 7.82. The lowest BCUT2D eigenvalue weighted by molar-refractivity contribution is 0.669. The Balaban J connectivity index is 1.16. The largest absolute Gasteiger partial charge is 0.454 e. The van der Waals surface area contributed by atoms with Crippen LogP contribution in [0.4, 0.5) is 0 Å². The zero-order valence-corrected chi connectivity index (χ0v) is 28.4. The van der Waals surface area contributed by atoms with Crippen LogP contribution in [0.3, 0.4) is 0 Å². The van der Waals surface area contributed by atoms with Gasteiger partial charge in [0.1, 0.15) is 11.1 Å². The highest BCUT2D eigenvalue weighted by Crippen LogP contribution is 2.48. The van der Waals surface area contributed by atoms with Gasteiger partial charge in [-0.15, -0.1) is 0 Å². The molecule has 5 nitrogen and oxygen atoms in total. The Labute approximate surface area is 304 Å². The minimum Gasteiger partial charge on any atom is -0.454 e. The fraction of sp³-hybridized carbons (Fsp3) is 0. The van der Waals surface area contributed by atoms with E-state index in [-0.39, 0.29) is 0 Å². The molecule has 0 atom stereocenters. The van der Waals surface area contributed by atoms with Crippen molar-refractivity contribution in [3.8, 4) is 78.7 Å². The molecule has 11 rings (SSSR count). The molecule has 1 aliphatic rings. The molecule has 7 aromatic carbocycles. The zero-order chi connectivity index (χ0) is 34.9. The second-order valence-corrected chi connectivity index (χ2v) is 13.4. The average Bonchev–Trinajstić information content (AvgIpc) is 3.78. The van der Waals surface area contributed by atoms with Crippen molar-refractivity contribution in [2.24, 2.45) is 0 Å². The number of benzene rings is 7. The standard InChI is InChI=1S/C48H28N4O/c1-3-11-30(12-4-1)46-50-47(31-13-5-2-6-14-31)52-48(51-46)35-26-33(25-34(27-35)36-23-24-49-44-40-17-7-8-20-42(40)53-45(36)44)32-21-22-37-38-18-9-15-29-16-10-19-39(43(29)38)41(37)28-32/h1-28H. The van der Waals surface area contributed by atoms with E-state index in [0.29, 0.717) is 17.5 Å². The number of nitrogens with zero attached hydrogens (tertiary/aromatic N) is 4. The molecule has 0 N–H and O–H groups in total. The van der Waals surface area contributed by atoms with E-state index < -0.39 is 0 Å². The van der Waals surface area contributed by atoms with Crippen LogP contribution in [0.25, 0.3) is 112 Å². The van der Waals surface area contributed by atoms with E-state index in [2.05, 4.69) is 78.9 Å². The maximum Gasteiger partial charge on any atom is 0.164 e. The number of fused-ring (bicyclic) bond motifs is 6. The Morgan fingerprint density at radius 2 is 1.00 bits per heavy atom. The molecule has 1 aliphatic carbocycles. The zero-order valence-electron chi connectivity index (χ0n) is 28.4. The van der Waals surface area contributed by atoms with Crippen molar-refractivity contribution in [1.29, 1.82) is 0 Å². The fourth-order valence-electron chi connectivity index (χ4n) is 7.82. The summed E-state index contributed by atoms with van der Waals surface area (Å²) in [4.78, 5) is 20.0. The Bertz CT molecular complexity index is 3000. The van der Waals surface area contributed by atoms with Gasteiger partial charge in [-0.1, -0.05) is 121 Å². The molecule has 0 spiro atoms. The third kappa shape index (κ3) is 4.79. The normalized spacial score (nSPS) is 11.8. The summed E-state index contributed by atoms with van der Waals surface area (Å²) >= 11 is 0. The molecule has 246 valence electrons. The highest BCUT2D eigenvalue weighted by Gasteiger charge is 2.23. The van der Waals surface area contributed by atoms with Gasteiger partial charge in [0.05, 0.1) is 0 Å². The highest BCUT2D eigenvalue weighted by atomic mass is 16.3. The van der Waals surface area contributed by atoms with E-state index in [1.165, 1.54) is 33.0 Å². The molecule has 3 aromatic heterocycles. The van der Waals surface area contributed by atoms with Gasteiger partial charge < -0.3 is 4.42 Å². The second kappa shape index (κ2) is 11.7. The van der Waals surface area contributed by atoms with Crippen molar-refractivity contribution >= 4 is 32.8 Å². The lowest BCUT2D eigenvalue weighted by atomic mass is 9.93. The quantitative estimate of drug-likeness (QED) is 0.181. The van der Waals surface area contributed by atoms with Crippen LogP contribution in [0.5, 0.6) is 0 Å². The van der Waals surface area contributed by atoms with E-state index in [1.807, 2.05) is 91.1 Å². The molecule has 10 aromatic rings. The monoisotopic (exact) mass is 676 g/mol. The molecule has 53 heavy (non-hydrogen) atoms. The average molecular weight is 677 g/mol. The summed E-state index contributed by atoms with van der Waals surface area (Å²) in [7, 11) is 0. The van der Waals surface area contributed by atoms with Gasteiger partial charge in [0.15, 0.2) is 23.1 Å². The van der Waals surface area contributed by atoms with E-state index in [1.54, 1.807) is 0 Å². The molecular formula is C48H28N4O. The van der Waals surface area contributed by atoms with Gasteiger partial charge in [-0.25, -0.2) is 15.0 Å². The highest BCUT2D eigenvalue weighted by molar-refractivity contribution is 6.15. The van der Waals surface area contributed by atoms with Crippen LogP contribution in [0, 0.1) is 0 Å². The summed E-state index contributed by atoms with van der Waals surface area (Å²) in [5, 5.41) is 3.56. The second-order valence-electron chi connectivity index (χ2n) is 13.4. The number of pyridine rings is 1. The van der Waals surface area contributed by atoms with Crippen molar-refractivity contribution < 1.29 is 4.42 Å². The first-order chi connectivity index (χ1) is 26.2. The van der Waals surface area contributed by atoms with Gasteiger partial charge in [-0.05, 0) is 92.2 Å². The van der Waals surface area contributed by atoms with Crippen LogP contribution in [-0.2, 0) is 0 Å². The maximum absolute atomic E-state index is 6.51. The molecule has 5 heteroatoms. The molecule has 3 heterocycles. The van der Waals surface area contributed by atoms with Crippen LogP contribution in [-0.4, -0.2) is 19.9 Å². The number of rotatable bonds is 5. The molecule has 0 saturated carbocycles. The molecule has 0 unspecified atom stereocenters. The summed E-state index contributed by atoms with van der Waals surface area (Å²) in [6.45, 7) is 0. The molecule has 0 fully saturated rings. The number of furan rings is 1. The SMILES string of the molecule is c1ccc(-c2nc(-c3ccccc3)nc(-c3cc(-c4ccc5c(c4)-c4cccc6cccc-5c46)cc(-c4ccnc5c4oc4ccccc45)c3)n2)cc1. The van der Waals surface area contributed by atoms with Crippen molar-refractivity contribution in [3.63, 3.8) is 0 Å². The molecule has 0 radical (unpaired) electrons. The number of para-hydroxylation sites is 1. The first-order valence-electron chi connectivity index (χ1n) is 17.7.